The van der Waals surface area contributed by atoms with E-state index < -0.39 is 0 Å². The van der Waals surface area contributed by atoms with Crippen LogP contribution in [-0.2, 0) is 19.7 Å². The number of rotatable bonds is 7. The highest BCUT2D eigenvalue weighted by molar-refractivity contribution is 7.19. The summed E-state index contributed by atoms with van der Waals surface area (Å²) in [7, 11) is 2.05. The lowest BCUT2D eigenvalue weighted by atomic mass is 10.2. The smallest absolute Gasteiger partial charge is 0.240 e. The molecule has 0 fully saturated rings. The van der Waals surface area contributed by atoms with Crippen molar-refractivity contribution in [3.63, 3.8) is 0 Å². The number of thiophene rings is 1. The second-order valence-corrected chi connectivity index (χ2v) is 7.30. The zero-order chi connectivity index (χ0) is 17.8. The average Bonchev–Trinajstić information content (AvgIpc) is 3.26. The summed E-state index contributed by atoms with van der Waals surface area (Å²) >= 11 is 1.82. The molecule has 0 aliphatic heterocycles. The van der Waals surface area contributed by atoms with Gasteiger partial charge in [-0.25, -0.2) is 0 Å². The summed E-state index contributed by atoms with van der Waals surface area (Å²) in [5, 5.41) is 5.28. The maximum Gasteiger partial charge on any atom is 0.240 e. The molecule has 6 heteroatoms. The quantitative estimate of drug-likeness (QED) is 0.483. The van der Waals surface area contributed by atoms with Crippen molar-refractivity contribution in [1.82, 2.24) is 15.0 Å². The molecule has 0 unspecified atom stereocenters. The van der Waals surface area contributed by atoms with Crippen LogP contribution < -0.4 is 4.74 Å². The third-order valence-corrected chi connectivity index (χ3v) is 5.03. The monoisotopic (exact) mass is 365 g/mol. The van der Waals surface area contributed by atoms with Crippen LogP contribution in [0.25, 0.3) is 10.1 Å². The molecule has 0 atom stereocenters. The van der Waals surface area contributed by atoms with E-state index in [0.717, 1.165) is 12.3 Å². The lowest BCUT2D eigenvalue weighted by Gasteiger charge is -2.12. The largest absolute Gasteiger partial charge is 0.485 e. The summed E-state index contributed by atoms with van der Waals surface area (Å²) < 4.78 is 12.3. The summed E-state index contributed by atoms with van der Waals surface area (Å²) in [6.07, 6.45) is 0. The molecule has 0 saturated heterocycles. The number of benzene rings is 2. The van der Waals surface area contributed by atoms with Crippen molar-refractivity contribution < 1.29 is 9.26 Å². The van der Waals surface area contributed by atoms with E-state index >= 15 is 0 Å². The summed E-state index contributed by atoms with van der Waals surface area (Å²) in [5.74, 6) is 1.94. The zero-order valence-corrected chi connectivity index (χ0v) is 15.3. The molecule has 132 valence electrons. The Morgan fingerprint density at radius 2 is 1.85 bits per heavy atom. The number of fused-ring (bicyclic) bond motifs is 1. The van der Waals surface area contributed by atoms with Crippen LogP contribution >= 0.6 is 11.3 Å². The SMILES string of the molecule is CN(Cc1nc(COc2ccccc2)no1)Cc1cc2ccccc2s1. The number of aromatic nitrogens is 2. The molecule has 0 bridgehead atoms. The zero-order valence-electron chi connectivity index (χ0n) is 14.5. The summed E-state index contributed by atoms with van der Waals surface area (Å²) in [6, 6.07) is 20.3. The van der Waals surface area contributed by atoms with E-state index in [1.165, 1.54) is 15.0 Å². The van der Waals surface area contributed by atoms with Gasteiger partial charge < -0.3 is 9.26 Å². The van der Waals surface area contributed by atoms with Crippen molar-refractivity contribution in [1.29, 1.82) is 0 Å². The fourth-order valence-electron chi connectivity index (χ4n) is 2.75. The normalized spacial score (nSPS) is 11.3. The minimum Gasteiger partial charge on any atom is -0.485 e. The predicted molar refractivity (Wildman–Crippen MR) is 102 cm³/mol. The maximum atomic E-state index is 5.64. The Morgan fingerprint density at radius 3 is 2.69 bits per heavy atom. The van der Waals surface area contributed by atoms with Gasteiger partial charge in [-0.15, -0.1) is 11.3 Å². The summed E-state index contributed by atoms with van der Waals surface area (Å²) in [4.78, 5) is 7.90. The molecular formula is C20H19N3O2S. The first-order valence-electron chi connectivity index (χ1n) is 8.41. The highest BCUT2D eigenvalue weighted by Gasteiger charge is 2.11. The molecule has 2 aromatic carbocycles. The lowest BCUT2D eigenvalue weighted by molar-refractivity contribution is 0.257. The van der Waals surface area contributed by atoms with E-state index in [9.17, 15) is 0 Å². The van der Waals surface area contributed by atoms with E-state index in [0.29, 0.717) is 24.9 Å². The Morgan fingerprint density at radius 1 is 1.04 bits per heavy atom. The van der Waals surface area contributed by atoms with E-state index in [2.05, 4.69) is 52.4 Å². The second-order valence-electron chi connectivity index (χ2n) is 6.13. The first-order valence-corrected chi connectivity index (χ1v) is 9.23. The average molecular weight is 365 g/mol. The first-order chi connectivity index (χ1) is 12.8. The Labute approximate surface area is 155 Å². The van der Waals surface area contributed by atoms with Crippen LogP contribution in [0.3, 0.4) is 0 Å². The maximum absolute atomic E-state index is 5.64. The van der Waals surface area contributed by atoms with Crippen LogP contribution in [0.5, 0.6) is 5.75 Å². The van der Waals surface area contributed by atoms with Crippen LogP contribution in [0.4, 0.5) is 0 Å². The molecule has 26 heavy (non-hydrogen) atoms. The van der Waals surface area contributed by atoms with Crippen molar-refractivity contribution in [3.8, 4) is 5.75 Å². The topological polar surface area (TPSA) is 51.4 Å². The second kappa shape index (κ2) is 7.68. The van der Waals surface area contributed by atoms with Gasteiger partial charge in [0.25, 0.3) is 0 Å². The minimum atomic E-state index is 0.299. The van der Waals surface area contributed by atoms with Crippen molar-refractivity contribution in [2.75, 3.05) is 7.05 Å². The van der Waals surface area contributed by atoms with Gasteiger partial charge >= 0.3 is 0 Å². The van der Waals surface area contributed by atoms with Crippen molar-refractivity contribution in [3.05, 3.63) is 77.3 Å². The Balaban J connectivity index is 1.33. The molecule has 0 aliphatic carbocycles. The Hall–Kier alpha value is -2.70. The van der Waals surface area contributed by atoms with Crippen LogP contribution in [-0.4, -0.2) is 22.1 Å². The van der Waals surface area contributed by atoms with Crippen molar-refractivity contribution in [2.45, 2.75) is 19.7 Å². The first kappa shape index (κ1) is 16.8. The van der Waals surface area contributed by atoms with Gasteiger partial charge in [0.1, 0.15) is 5.75 Å². The highest BCUT2D eigenvalue weighted by atomic mass is 32.1. The standard InChI is InChI=1S/C20H19N3O2S/c1-23(12-17-11-15-7-5-6-10-18(15)26-17)13-20-21-19(22-25-20)14-24-16-8-3-2-4-9-16/h2-11H,12-14H2,1H3. The third kappa shape index (κ3) is 4.09. The van der Waals surface area contributed by atoms with Gasteiger partial charge in [0, 0.05) is 16.1 Å². The van der Waals surface area contributed by atoms with Gasteiger partial charge in [-0.05, 0) is 36.7 Å². The number of ether oxygens (including phenoxy) is 1. The van der Waals surface area contributed by atoms with Crippen LogP contribution in [0, 0.1) is 0 Å². The van der Waals surface area contributed by atoms with Gasteiger partial charge in [0.2, 0.25) is 11.7 Å². The molecule has 0 saturated carbocycles. The number of para-hydroxylation sites is 1. The number of nitrogens with zero attached hydrogens (tertiary/aromatic N) is 3. The molecule has 0 N–H and O–H groups in total. The van der Waals surface area contributed by atoms with E-state index in [1.54, 1.807) is 0 Å². The molecule has 0 amide bonds. The molecule has 5 nitrogen and oxygen atoms in total. The molecular weight excluding hydrogens is 346 g/mol. The molecule has 4 rings (SSSR count). The van der Waals surface area contributed by atoms with Gasteiger partial charge in [0.05, 0.1) is 6.54 Å². The minimum absolute atomic E-state index is 0.299. The summed E-state index contributed by atoms with van der Waals surface area (Å²) in [5.41, 5.74) is 0. The van der Waals surface area contributed by atoms with E-state index in [4.69, 9.17) is 9.26 Å². The molecule has 4 aromatic rings. The lowest BCUT2D eigenvalue weighted by Crippen LogP contribution is -2.16. The fourth-order valence-corrected chi connectivity index (χ4v) is 3.89. The van der Waals surface area contributed by atoms with Crippen molar-refractivity contribution >= 4 is 21.4 Å². The van der Waals surface area contributed by atoms with Crippen LogP contribution in [0.2, 0.25) is 0 Å². The Bertz CT molecular complexity index is 948. The van der Waals surface area contributed by atoms with Gasteiger partial charge in [0.15, 0.2) is 6.61 Å². The van der Waals surface area contributed by atoms with Gasteiger partial charge in [-0.3, -0.25) is 4.90 Å². The summed E-state index contributed by atoms with van der Waals surface area (Å²) in [6.45, 7) is 1.75. The van der Waals surface area contributed by atoms with Crippen LogP contribution in [0.15, 0.2) is 65.2 Å². The van der Waals surface area contributed by atoms with E-state index in [-0.39, 0.29) is 0 Å². The number of hydrogen-bond acceptors (Lipinski definition) is 6. The highest BCUT2D eigenvalue weighted by Crippen LogP contribution is 2.26. The molecule has 0 radical (unpaired) electrons. The molecule has 2 aromatic heterocycles. The molecule has 0 spiro atoms. The van der Waals surface area contributed by atoms with Crippen LogP contribution in [0.1, 0.15) is 16.6 Å². The van der Waals surface area contributed by atoms with E-state index in [1.807, 2.05) is 41.7 Å². The Kier molecular flexibility index (Phi) is 4.95. The third-order valence-electron chi connectivity index (χ3n) is 3.93. The molecule has 0 aliphatic rings. The van der Waals surface area contributed by atoms with Crippen molar-refractivity contribution in [2.24, 2.45) is 0 Å². The van der Waals surface area contributed by atoms with Gasteiger partial charge in [-0.2, -0.15) is 4.98 Å². The molecule has 2 heterocycles. The van der Waals surface area contributed by atoms with Gasteiger partial charge in [-0.1, -0.05) is 41.6 Å². The predicted octanol–water partition coefficient (Wildman–Crippen LogP) is 4.50. The number of hydrogen-bond donors (Lipinski definition) is 0. The fraction of sp³-hybridized carbons (Fsp3) is 0.200.